The lowest BCUT2D eigenvalue weighted by molar-refractivity contribution is -0.102. The standard InChI is InChI=1S/C38H45N3O4/c1-3-28(18-13-19-32(26-42)39-44)30-23-31(37-35(25-30)34-20-11-12-21-36(34)41(37)4-2)24-33(22-27-14-7-5-8-15-27)40-45-38(43)29-16-9-6-10-17-29/h6,9-12,16-17,20-21,23,25-28,44H,3-5,7-8,13-15,18-19,22,24H2,1-2H3. The Balaban J connectivity index is 1.56. The minimum Gasteiger partial charge on any atom is -0.411 e. The maximum absolute atomic E-state index is 12.9. The molecule has 0 spiro atoms. The first-order chi connectivity index (χ1) is 22.1. The van der Waals surface area contributed by atoms with Crippen LogP contribution in [0, 0.1) is 5.92 Å². The zero-order valence-corrected chi connectivity index (χ0v) is 26.6. The van der Waals surface area contributed by atoms with E-state index < -0.39 is 5.97 Å². The van der Waals surface area contributed by atoms with Gasteiger partial charge in [0.1, 0.15) is 5.71 Å². The van der Waals surface area contributed by atoms with E-state index in [9.17, 15) is 9.59 Å². The molecule has 7 nitrogen and oxygen atoms in total. The number of carbonyl (C=O) groups excluding carboxylic acids is 2. The van der Waals surface area contributed by atoms with E-state index in [0.717, 1.165) is 37.9 Å². The van der Waals surface area contributed by atoms with E-state index in [4.69, 9.17) is 10.0 Å². The summed E-state index contributed by atoms with van der Waals surface area (Å²) in [5, 5.41) is 19.3. The topological polar surface area (TPSA) is 93.2 Å². The number of benzene rings is 3. The first-order valence-corrected chi connectivity index (χ1v) is 16.6. The predicted molar refractivity (Wildman–Crippen MR) is 181 cm³/mol. The van der Waals surface area contributed by atoms with Gasteiger partial charge < -0.3 is 14.6 Å². The molecule has 1 aliphatic rings. The molecule has 1 heterocycles. The molecule has 0 radical (unpaired) electrons. The van der Waals surface area contributed by atoms with Crippen LogP contribution in [0.15, 0.2) is 77.0 Å². The normalized spacial score (nSPS) is 15.4. The molecule has 7 heteroatoms. The molecule has 236 valence electrons. The van der Waals surface area contributed by atoms with E-state index in [1.54, 1.807) is 12.1 Å². The summed E-state index contributed by atoms with van der Waals surface area (Å²) in [7, 11) is 0. The average Bonchev–Trinajstić information content (AvgIpc) is 3.42. The molecule has 1 aliphatic carbocycles. The van der Waals surface area contributed by atoms with E-state index in [1.165, 1.54) is 65.0 Å². The van der Waals surface area contributed by atoms with Crippen LogP contribution >= 0.6 is 0 Å². The van der Waals surface area contributed by atoms with Crippen LogP contribution in [0.2, 0.25) is 0 Å². The Morgan fingerprint density at radius 3 is 2.49 bits per heavy atom. The fourth-order valence-electron chi connectivity index (χ4n) is 7.09. The third-order valence-corrected chi connectivity index (χ3v) is 9.41. The van der Waals surface area contributed by atoms with Crippen molar-refractivity contribution in [3.05, 3.63) is 83.4 Å². The molecule has 1 fully saturated rings. The van der Waals surface area contributed by atoms with Crippen molar-refractivity contribution in [3.63, 3.8) is 0 Å². The Bertz CT molecular complexity index is 1660. The van der Waals surface area contributed by atoms with E-state index >= 15 is 0 Å². The van der Waals surface area contributed by atoms with Gasteiger partial charge in [-0.1, -0.05) is 91.8 Å². The first kappa shape index (κ1) is 32.1. The number of hydrogen-bond donors (Lipinski definition) is 1. The zero-order chi connectivity index (χ0) is 31.6. The van der Waals surface area contributed by atoms with Gasteiger partial charge in [0.15, 0.2) is 6.29 Å². The van der Waals surface area contributed by atoms with Crippen molar-refractivity contribution in [2.75, 3.05) is 0 Å². The van der Waals surface area contributed by atoms with Gasteiger partial charge >= 0.3 is 5.97 Å². The Labute approximate surface area is 265 Å². The molecular formula is C38H45N3O4. The molecule has 1 aromatic heterocycles. The average molecular weight is 608 g/mol. The van der Waals surface area contributed by atoms with Crippen LogP contribution in [0.4, 0.5) is 0 Å². The number of para-hydroxylation sites is 1. The van der Waals surface area contributed by atoms with Gasteiger partial charge in [-0.15, -0.1) is 0 Å². The summed E-state index contributed by atoms with van der Waals surface area (Å²) in [4.78, 5) is 29.7. The molecule has 5 rings (SSSR count). The van der Waals surface area contributed by atoms with Gasteiger partial charge in [-0.3, -0.25) is 4.79 Å². The minimum absolute atomic E-state index is 0.181. The van der Waals surface area contributed by atoms with Crippen LogP contribution in [-0.2, 0) is 22.6 Å². The van der Waals surface area contributed by atoms with Crippen molar-refractivity contribution in [2.24, 2.45) is 16.2 Å². The lowest BCUT2D eigenvalue weighted by Gasteiger charge is -2.23. The van der Waals surface area contributed by atoms with Crippen LogP contribution in [0.1, 0.15) is 105 Å². The minimum atomic E-state index is -0.439. The second-order valence-electron chi connectivity index (χ2n) is 12.3. The zero-order valence-electron chi connectivity index (χ0n) is 26.6. The maximum Gasteiger partial charge on any atom is 0.365 e. The highest BCUT2D eigenvalue weighted by Crippen LogP contribution is 2.37. The molecule has 45 heavy (non-hydrogen) atoms. The Kier molecular flexibility index (Phi) is 11.2. The second-order valence-corrected chi connectivity index (χ2v) is 12.3. The number of aryl methyl sites for hydroxylation is 1. The first-order valence-electron chi connectivity index (χ1n) is 16.6. The fourth-order valence-corrected chi connectivity index (χ4v) is 7.09. The summed E-state index contributed by atoms with van der Waals surface area (Å²) in [6.07, 6.45) is 11.2. The third kappa shape index (κ3) is 7.70. The van der Waals surface area contributed by atoms with Crippen LogP contribution < -0.4 is 0 Å². The van der Waals surface area contributed by atoms with Gasteiger partial charge in [0.25, 0.3) is 0 Å². The molecular weight excluding hydrogens is 562 g/mol. The molecule has 1 atom stereocenters. The van der Waals surface area contributed by atoms with Gasteiger partial charge in [0.05, 0.1) is 16.8 Å². The van der Waals surface area contributed by atoms with Crippen LogP contribution in [0.25, 0.3) is 21.8 Å². The van der Waals surface area contributed by atoms with Crippen molar-refractivity contribution >= 4 is 45.5 Å². The number of rotatable bonds is 14. The van der Waals surface area contributed by atoms with E-state index in [2.05, 4.69) is 65.1 Å². The second kappa shape index (κ2) is 15.6. The molecule has 0 aliphatic heterocycles. The van der Waals surface area contributed by atoms with E-state index in [-0.39, 0.29) is 11.6 Å². The largest absolute Gasteiger partial charge is 0.411 e. The van der Waals surface area contributed by atoms with Crippen LogP contribution in [0.5, 0.6) is 0 Å². The number of hydrogen-bond acceptors (Lipinski definition) is 6. The summed E-state index contributed by atoms with van der Waals surface area (Å²) in [5.41, 5.74) is 6.43. The van der Waals surface area contributed by atoms with Gasteiger partial charge in [-0.2, -0.15) is 0 Å². The summed E-state index contributed by atoms with van der Waals surface area (Å²) in [6.45, 7) is 5.22. The van der Waals surface area contributed by atoms with Crippen molar-refractivity contribution in [2.45, 2.75) is 96.9 Å². The van der Waals surface area contributed by atoms with Crippen molar-refractivity contribution < 1.29 is 19.6 Å². The number of aromatic nitrogens is 1. The quantitative estimate of drug-likeness (QED) is 0.0508. The molecule has 3 aromatic carbocycles. The summed E-state index contributed by atoms with van der Waals surface area (Å²) in [6, 6.07) is 22.3. The Morgan fingerprint density at radius 2 is 1.78 bits per heavy atom. The molecule has 0 bridgehead atoms. The van der Waals surface area contributed by atoms with E-state index in [1.807, 2.05) is 18.2 Å². The highest BCUT2D eigenvalue weighted by Gasteiger charge is 2.22. The SMILES string of the molecule is CCC(CCCC(C=O)=NO)c1cc(CC(CC2CCCCC2)=NOC(=O)c2ccccc2)c2c(c1)c1ccccc1n2CC. The number of oxime groups is 2. The van der Waals surface area contributed by atoms with Crippen molar-refractivity contribution in [1.29, 1.82) is 0 Å². The monoisotopic (exact) mass is 607 g/mol. The lowest BCUT2D eigenvalue weighted by Crippen LogP contribution is -2.16. The highest BCUT2D eigenvalue weighted by molar-refractivity contribution is 6.27. The fraction of sp³-hybridized carbons (Fsp3) is 0.421. The van der Waals surface area contributed by atoms with Crippen LogP contribution in [-0.4, -0.2) is 33.5 Å². The number of carbonyl (C=O) groups is 2. The van der Waals surface area contributed by atoms with Gasteiger partial charge in [-0.05, 0) is 86.3 Å². The smallest absolute Gasteiger partial charge is 0.365 e. The van der Waals surface area contributed by atoms with E-state index in [0.29, 0.717) is 30.6 Å². The molecule has 0 saturated heterocycles. The Hall–Kier alpha value is -4.26. The van der Waals surface area contributed by atoms with Crippen LogP contribution in [0.3, 0.4) is 0 Å². The third-order valence-electron chi connectivity index (χ3n) is 9.41. The van der Waals surface area contributed by atoms with Gasteiger partial charge in [0, 0.05) is 29.3 Å². The molecule has 4 aromatic rings. The summed E-state index contributed by atoms with van der Waals surface area (Å²) in [5.74, 6) is 0.371. The summed E-state index contributed by atoms with van der Waals surface area (Å²) < 4.78 is 2.40. The molecule has 1 saturated carbocycles. The molecule has 0 amide bonds. The number of fused-ring (bicyclic) bond motifs is 3. The van der Waals surface area contributed by atoms with Crippen molar-refractivity contribution in [1.82, 2.24) is 4.57 Å². The summed E-state index contributed by atoms with van der Waals surface area (Å²) >= 11 is 0. The van der Waals surface area contributed by atoms with Gasteiger partial charge in [-0.25, -0.2) is 4.79 Å². The van der Waals surface area contributed by atoms with Crippen molar-refractivity contribution in [3.8, 4) is 0 Å². The van der Waals surface area contributed by atoms with Gasteiger partial charge in [0.2, 0.25) is 0 Å². The maximum atomic E-state index is 12.9. The number of nitrogens with zero attached hydrogens (tertiary/aromatic N) is 3. The lowest BCUT2D eigenvalue weighted by atomic mass is 9.84. The highest BCUT2D eigenvalue weighted by atomic mass is 16.7. The molecule has 1 unspecified atom stereocenters. The predicted octanol–water partition coefficient (Wildman–Crippen LogP) is 9.23. The Morgan fingerprint density at radius 1 is 1.02 bits per heavy atom. The number of aldehydes is 1. The molecule has 1 N–H and O–H groups in total.